The minimum atomic E-state index is 0.807. The third-order valence-corrected chi connectivity index (χ3v) is 3.86. The molecule has 3 heteroatoms. The number of anilines is 1. The monoisotopic (exact) mass is 243 g/mol. The Labute approximate surface area is 109 Å². The van der Waals surface area contributed by atoms with Gasteiger partial charge in [-0.2, -0.15) is 0 Å². The topological polar surface area (TPSA) is 27.6 Å². The molecule has 1 atom stereocenters. The zero-order chi connectivity index (χ0) is 12.2. The molecular formula is C15H21N3. The van der Waals surface area contributed by atoms with Gasteiger partial charge in [-0.25, -0.2) is 0 Å². The van der Waals surface area contributed by atoms with E-state index in [0.29, 0.717) is 0 Å². The van der Waals surface area contributed by atoms with Crippen LogP contribution in [-0.4, -0.2) is 32.5 Å². The third-order valence-electron chi connectivity index (χ3n) is 3.86. The standard InChI is InChI=1S/C15H21N3/c1-3-13(9-14-4-2-6-16-11-14)10-15(5-1)18-8-7-17-12-18/h1,3,5,10,12,14,16H,2,4,6-9,11H2. The second-order valence-corrected chi connectivity index (χ2v) is 5.30. The van der Waals surface area contributed by atoms with Crippen LogP contribution in [0.15, 0.2) is 29.3 Å². The van der Waals surface area contributed by atoms with E-state index >= 15 is 0 Å². The van der Waals surface area contributed by atoms with Crippen LogP contribution in [0, 0.1) is 5.92 Å². The highest BCUT2D eigenvalue weighted by atomic mass is 15.2. The number of piperidine rings is 1. The van der Waals surface area contributed by atoms with Crippen molar-refractivity contribution in [3.8, 4) is 0 Å². The van der Waals surface area contributed by atoms with Crippen LogP contribution < -0.4 is 10.2 Å². The van der Waals surface area contributed by atoms with Crippen LogP contribution in [0.25, 0.3) is 0 Å². The first-order valence-corrected chi connectivity index (χ1v) is 6.98. The second-order valence-electron chi connectivity index (χ2n) is 5.30. The second kappa shape index (κ2) is 5.53. The highest BCUT2D eigenvalue weighted by Crippen LogP contribution is 2.21. The van der Waals surface area contributed by atoms with Crippen molar-refractivity contribution in [1.82, 2.24) is 5.32 Å². The molecule has 0 spiro atoms. The molecule has 0 amide bonds. The molecule has 3 nitrogen and oxygen atoms in total. The summed E-state index contributed by atoms with van der Waals surface area (Å²) in [7, 11) is 0. The number of hydrogen-bond donors (Lipinski definition) is 1. The van der Waals surface area contributed by atoms with E-state index in [1.54, 1.807) is 0 Å². The summed E-state index contributed by atoms with van der Waals surface area (Å²) in [6.45, 7) is 4.32. The fourth-order valence-electron chi connectivity index (χ4n) is 2.87. The van der Waals surface area contributed by atoms with Crippen molar-refractivity contribution >= 4 is 12.0 Å². The molecule has 1 saturated heterocycles. The number of nitrogens with zero attached hydrogens (tertiary/aromatic N) is 2. The predicted octanol–water partition coefficient (Wildman–Crippen LogP) is 2.08. The van der Waals surface area contributed by atoms with Crippen LogP contribution >= 0.6 is 0 Å². The predicted molar refractivity (Wildman–Crippen MR) is 76.4 cm³/mol. The van der Waals surface area contributed by atoms with Gasteiger partial charge in [0.1, 0.15) is 0 Å². The first-order valence-electron chi connectivity index (χ1n) is 6.98. The molecule has 2 aliphatic rings. The molecule has 1 aromatic carbocycles. The first-order chi connectivity index (χ1) is 8.92. The number of rotatable bonds is 3. The molecule has 1 unspecified atom stereocenters. The number of hydrogen-bond acceptors (Lipinski definition) is 3. The lowest BCUT2D eigenvalue weighted by molar-refractivity contribution is 0.376. The Bertz CT molecular complexity index is 422. The van der Waals surface area contributed by atoms with Crippen LogP contribution in [0.5, 0.6) is 0 Å². The van der Waals surface area contributed by atoms with Crippen LogP contribution in [0.3, 0.4) is 0 Å². The normalized spacial score (nSPS) is 23.6. The van der Waals surface area contributed by atoms with Crippen molar-refractivity contribution in [1.29, 1.82) is 0 Å². The average molecular weight is 243 g/mol. The molecule has 0 aromatic heterocycles. The van der Waals surface area contributed by atoms with Crippen molar-refractivity contribution in [3.05, 3.63) is 29.8 Å². The fraction of sp³-hybridized carbons (Fsp3) is 0.533. The van der Waals surface area contributed by atoms with Gasteiger partial charge >= 0.3 is 0 Å². The van der Waals surface area contributed by atoms with Crippen molar-refractivity contribution in [2.24, 2.45) is 10.9 Å². The lowest BCUT2D eigenvalue weighted by Crippen LogP contribution is -2.30. The smallest absolute Gasteiger partial charge is 0.0895 e. The Kier molecular flexibility index (Phi) is 3.60. The minimum Gasteiger partial charge on any atom is -0.331 e. The maximum Gasteiger partial charge on any atom is 0.0895 e. The summed E-state index contributed by atoms with van der Waals surface area (Å²) in [5, 5.41) is 3.49. The van der Waals surface area contributed by atoms with Crippen molar-refractivity contribution in [2.75, 3.05) is 31.1 Å². The zero-order valence-corrected chi connectivity index (χ0v) is 10.8. The summed E-state index contributed by atoms with van der Waals surface area (Å²) in [6.07, 6.45) is 5.85. The van der Waals surface area contributed by atoms with Crippen LogP contribution in [-0.2, 0) is 6.42 Å². The molecule has 1 fully saturated rings. The Morgan fingerprint density at radius 1 is 1.39 bits per heavy atom. The van der Waals surface area contributed by atoms with E-state index in [0.717, 1.165) is 19.0 Å². The van der Waals surface area contributed by atoms with Gasteiger partial charge < -0.3 is 10.2 Å². The van der Waals surface area contributed by atoms with Gasteiger partial charge in [0.15, 0.2) is 0 Å². The molecule has 1 N–H and O–H groups in total. The summed E-state index contributed by atoms with van der Waals surface area (Å²) in [5.41, 5.74) is 2.75. The van der Waals surface area contributed by atoms with E-state index in [-0.39, 0.29) is 0 Å². The van der Waals surface area contributed by atoms with E-state index in [4.69, 9.17) is 0 Å². The van der Waals surface area contributed by atoms with Crippen molar-refractivity contribution in [3.63, 3.8) is 0 Å². The molecule has 2 aliphatic heterocycles. The number of nitrogens with one attached hydrogen (secondary N) is 1. The highest BCUT2D eigenvalue weighted by Gasteiger charge is 2.14. The van der Waals surface area contributed by atoms with Gasteiger partial charge in [0, 0.05) is 12.2 Å². The largest absolute Gasteiger partial charge is 0.331 e. The minimum absolute atomic E-state index is 0.807. The molecule has 18 heavy (non-hydrogen) atoms. The molecular weight excluding hydrogens is 222 g/mol. The van der Waals surface area contributed by atoms with Gasteiger partial charge in [0.05, 0.1) is 12.9 Å². The summed E-state index contributed by atoms with van der Waals surface area (Å²) in [4.78, 5) is 6.52. The molecule has 0 saturated carbocycles. The highest BCUT2D eigenvalue weighted by molar-refractivity contribution is 5.81. The van der Waals surface area contributed by atoms with Gasteiger partial charge in [-0.15, -0.1) is 0 Å². The number of benzene rings is 1. The van der Waals surface area contributed by atoms with E-state index < -0.39 is 0 Å². The van der Waals surface area contributed by atoms with Crippen LogP contribution in [0.4, 0.5) is 5.69 Å². The van der Waals surface area contributed by atoms with E-state index in [1.807, 2.05) is 6.34 Å². The SMILES string of the molecule is C1=NCCN1c1cccc(CC2CCCNC2)c1. The quantitative estimate of drug-likeness (QED) is 0.880. The number of aliphatic imine (C=N–C) groups is 1. The van der Waals surface area contributed by atoms with Crippen molar-refractivity contribution in [2.45, 2.75) is 19.3 Å². The lowest BCUT2D eigenvalue weighted by atomic mass is 9.92. The molecule has 0 aliphatic carbocycles. The Balaban J connectivity index is 1.68. The van der Waals surface area contributed by atoms with Gasteiger partial charge in [0.2, 0.25) is 0 Å². The average Bonchev–Trinajstić information content (AvgIpc) is 2.94. The Morgan fingerprint density at radius 2 is 2.39 bits per heavy atom. The van der Waals surface area contributed by atoms with Gasteiger partial charge in [-0.05, 0) is 56.0 Å². The van der Waals surface area contributed by atoms with Crippen molar-refractivity contribution < 1.29 is 0 Å². The van der Waals surface area contributed by atoms with E-state index in [2.05, 4.69) is 39.5 Å². The molecule has 96 valence electrons. The van der Waals surface area contributed by atoms with Crippen LogP contribution in [0.2, 0.25) is 0 Å². The fourth-order valence-corrected chi connectivity index (χ4v) is 2.87. The van der Waals surface area contributed by atoms with E-state index in [1.165, 1.54) is 43.6 Å². The first kappa shape index (κ1) is 11.7. The Morgan fingerprint density at radius 3 is 3.17 bits per heavy atom. The lowest BCUT2D eigenvalue weighted by Gasteiger charge is -2.23. The maximum atomic E-state index is 4.28. The van der Waals surface area contributed by atoms with Gasteiger partial charge in [-0.1, -0.05) is 12.1 Å². The molecule has 0 radical (unpaired) electrons. The Hall–Kier alpha value is -1.35. The molecule has 2 heterocycles. The maximum absolute atomic E-state index is 4.28. The summed E-state index contributed by atoms with van der Waals surface area (Å²) < 4.78 is 0. The van der Waals surface area contributed by atoms with E-state index in [9.17, 15) is 0 Å². The summed E-state index contributed by atoms with van der Waals surface area (Å²) in [5.74, 6) is 0.807. The van der Waals surface area contributed by atoms with Gasteiger partial charge in [-0.3, -0.25) is 4.99 Å². The molecule has 3 rings (SSSR count). The molecule has 0 bridgehead atoms. The summed E-state index contributed by atoms with van der Waals surface area (Å²) >= 11 is 0. The summed E-state index contributed by atoms with van der Waals surface area (Å²) in [6, 6.07) is 8.93. The third kappa shape index (κ3) is 2.72. The zero-order valence-electron chi connectivity index (χ0n) is 10.8. The van der Waals surface area contributed by atoms with Gasteiger partial charge in [0.25, 0.3) is 0 Å². The van der Waals surface area contributed by atoms with Crippen LogP contribution in [0.1, 0.15) is 18.4 Å². The molecule has 1 aromatic rings.